The van der Waals surface area contributed by atoms with Crippen molar-refractivity contribution in [2.45, 2.75) is 46.2 Å². The second-order valence-electron chi connectivity index (χ2n) is 5.05. The molecule has 1 atom stereocenters. The van der Waals surface area contributed by atoms with E-state index in [4.69, 9.17) is 5.73 Å². The first kappa shape index (κ1) is 12.2. The topological polar surface area (TPSA) is 30.9 Å². The molecule has 17 heavy (non-hydrogen) atoms. The van der Waals surface area contributed by atoms with Crippen LogP contribution in [0.1, 0.15) is 31.4 Å². The van der Waals surface area contributed by atoms with Crippen molar-refractivity contribution in [3.63, 3.8) is 0 Å². The van der Waals surface area contributed by atoms with Gasteiger partial charge in [-0.1, -0.05) is 18.6 Å². The molecule has 2 aromatic rings. The summed E-state index contributed by atoms with van der Waals surface area (Å²) < 4.78 is 2.35. The molecule has 2 N–H and O–H groups in total. The van der Waals surface area contributed by atoms with Gasteiger partial charge in [0, 0.05) is 29.7 Å². The lowest BCUT2D eigenvalue weighted by atomic mass is 10.1. The van der Waals surface area contributed by atoms with Crippen LogP contribution in [0.5, 0.6) is 0 Å². The van der Waals surface area contributed by atoms with Gasteiger partial charge in [0.15, 0.2) is 0 Å². The zero-order valence-electron chi connectivity index (χ0n) is 11.0. The summed E-state index contributed by atoms with van der Waals surface area (Å²) in [6.07, 6.45) is 4.39. The summed E-state index contributed by atoms with van der Waals surface area (Å²) in [7, 11) is 0. The number of aryl methyl sites for hydroxylation is 2. The molecule has 1 aromatic carbocycles. The van der Waals surface area contributed by atoms with Crippen molar-refractivity contribution < 1.29 is 0 Å². The van der Waals surface area contributed by atoms with Crippen LogP contribution in [0.25, 0.3) is 10.9 Å². The fourth-order valence-corrected chi connectivity index (χ4v) is 2.42. The average molecular weight is 230 g/mol. The summed E-state index contributed by atoms with van der Waals surface area (Å²) in [5, 5.41) is 1.37. The molecule has 0 spiro atoms. The molecule has 2 nitrogen and oxygen atoms in total. The highest BCUT2D eigenvalue weighted by molar-refractivity contribution is 5.84. The Labute approximate surface area is 103 Å². The van der Waals surface area contributed by atoms with Gasteiger partial charge in [-0.15, -0.1) is 0 Å². The Balaban J connectivity index is 2.54. The monoisotopic (exact) mass is 230 g/mol. The minimum Gasteiger partial charge on any atom is -0.347 e. The maximum atomic E-state index is 5.93. The molecule has 0 bridgehead atoms. The normalized spacial score (nSPS) is 13.2. The van der Waals surface area contributed by atoms with Gasteiger partial charge in [-0.3, -0.25) is 0 Å². The van der Waals surface area contributed by atoms with E-state index in [1.807, 2.05) is 0 Å². The molecule has 0 saturated heterocycles. The molecular weight excluding hydrogens is 208 g/mol. The molecule has 2 rings (SSSR count). The maximum absolute atomic E-state index is 5.93. The molecule has 0 aliphatic heterocycles. The average Bonchev–Trinajstić information content (AvgIpc) is 2.56. The molecule has 0 saturated carbocycles. The summed E-state index contributed by atoms with van der Waals surface area (Å²) >= 11 is 0. The van der Waals surface area contributed by atoms with E-state index in [2.05, 4.69) is 49.7 Å². The first-order valence-corrected chi connectivity index (χ1v) is 6.45. The first-order chi connectivity index (χ1) is 8.11. The van der Waals surface area contributed by atoms with Crippen LogP contribution in [0, 0.1) is 6.92 Å². The molecule has 0 amide bonds. The van der Waals surface area contributed by atoms with Crippen molar-refractivity contribution in [1.29, 1.82) is 0 Å². The molecule has 1 heterocycles. The smallest absolute Gasteiger partial charge is 0.0483 e. The van der Waals surface area contributed by atoms with Gasteiger partial charge in [-0.05, 0) is 44.4 Å². The van der Waals surface area contributed by atoms with Gasteiger partial charge in [0.25, 0.3) is 0 Å². The first-order valence-electron chi connectivity index (χ1n) is 6.45. The number of benzene rings is 1. The van der Waals surface area contributed by atoms with Crippen LogP contribution in [0.3, 0.4) is 0 Å². The third kappa shape index (κ3) is 2.52. The molecule has 0 radical (unpaired) electrons. The quantitative estimate of drug-likeness (QED) is 0.858. The van der Waals surface area contributed by atoms with Crippen LogP contribution >= 0.6 is 0 Å². The van der Waals surface area contributed by atoms with E-state index in [-0.39, 0.29) is 6.04 Å². The van der Waals surface area contributed by atoms with Crippen LogP contribution in [0.4, 0.5) is 0 Å². The Morgan fingerprint density at radius 3 is 2.76 bits per heavy atom. The molecule has 0 fully saturated rings. The SMILES string of the molecule is CCCn1cc(C[C@@H](C)N)c2cc(C)ccc21. The predicted molar refractivity (Wildman–Crippen MR) is 74.3 cm³/mol. The lowest BCUT2D eigenvalue weighted by Gasteiger charge is -2.03. The van der Waals surface area contributed by atoms with E-state index in [0.29, 0.717) is 0 Å². The molecule has 1 aromatic heterocycles. The highest BCUT2D eigenvalue weighted by Crippen LogP contribution is 2.24. The van der Waals surface area contributed by atoms with Gasteiger partial charge in [-0.25, -0.2) is 0 Å². The van der Waals surface area contributed by atoms with Crippen molar-refractivity contribution in [2.24, 2.45) is 5.73 Å². The molecule has 0 aliphatic rings. The Hall–Kier alpha value is -1.28. The van der Waals surface area contributed by atoms with E-state index < -0.39 is 0 Å². The maximum Gasteiger partial charge on any atom is 0.0483 e. The number of rotatable bonds is 4. The number of hydrogen-bond donors (Lipinski definition) is 1. The van der Waals surface area contributed by atoms with Crippen LogP contribution in [-0.4, -0.2) is 10.6 Å². The predicted octanol–water partition coefficient (Wildman–Crippen LogP) is 3.25. The minimum absolute atomic E-state index is 0.219. The van der Waals surface area contributed by atoms with Crippen molar-refractivity contribution in [3.05, 3.63) is 35.5 Å². The lowest BCUT2D eigenvalue weighted by molar-refractivity contribution is 0.692. The van der Waals surface area contributed by atoms with Crippen molar-refractivity contribution in [1.82, 2.24) is 4.57 Å². The van der Waals surface area contributed by atoms with Gasteiger partial charge in [-0.2, -0.15) is 0 Å². The number of hydrogen-bond acceptors (Lipinski definition) is 1. The minimum atomic E-state index is 0.219. The van der Waals surface area contributed by atoms with E-state index in [9.17, 15) is 0 Å². The highest BCUT2D eigenvalue weighted by atomic mass is 15.0. The third-order valence-corrected chi connectivity index (χ3v) is 3.13. The van der Waals surface area contributed by atoms with Gasteiger partial charge in [0.2, 0.25) is 0 Å². The highest BCUT2D eigenvalue weighted by Gasteiger charge is 2.09. The Morgan fingerprint density at radius 2 is 2.12 bits per heavy atom. The van der Waals surface area contributed by atoms with Gasteiger partial charge in [0.1, 0.15) is 0 Å². The van der Waals surface area contributed by atoms with Crippen molar-refractivity contribution in [3.8, 4) is 0 Å². The number of nitrogens with zero attached hydrogens (tertiary/aromatic N) is 1. The number of fused-ring (bicyclic) bond motifs is 1. The van der Waals surface area contributed by atoms with Crippen LogP contribution in [0.15, 0.2) is 24.4 Å². The van der Waals surface area contributed by atoms with Crippen LogP contribution in [0.2, 0.25) is 0 Å². The standard InChI is InChI=1S/C15H22N2/c1-4-7-17-10-13(9-12(3)16)14-8-11(2)5-6-15(14)17/h5-6,8,10,12H,4,7,9,16H2,1-3H3/t12-/m1/s1. The summed E-state index contributed by atoms with van der Waals surface area (Å²) in [6, 6.07) is 6.91. The summed E-state index contributed by atoms with van der Waals surface area (Å²) in [4.78, 5) is 0. The second-order valence-corrected chi connectivity index (χ2v) is 5.05. The molecule has 0 aliphatic carbocycles. The second kappa shape index (κ2) is 4.92. The fourth-order valence-electron chi connectivity index (χ4n) is 2.42. The number of aromatic nitrogens is 1. The van der Waals surface area contributed by atoms with Crippen molar-refractivity contribution >= 4 is 10.9 Å². The summed E-state index contributed by atoms with van der Waals surface area (Å²) in [6.45, 7) is 7.51. The zero-order chi connectivity index (χ0) is 12.4. The van der Waals surface area contributed by atoms with Crippen molar-refractivity contribution in [2.75, 3.05) is 0 Å². The zero-order valence-corrected chi connectivity index (χ0v) is 11.0. The van der Waals surface area contributed by atoms with Gasteiger partial charge >= 0.3 is 0 Å². The molecular formula is C15H22N2. The summed E-state index contributed by atoms with van der Waals surface area (Å²) in [5.41, 5.74) is 9.97. The Kier molecular flexibility index (Phi) is 3.53. The third-order valence-electron chi connectivity index (χ3n) is 3.13. The van der Waals surface area contributed by atoms with Gasteiger partial charge < -0.3 is 10.3 Å². The van der Waals surface area contributed by atoms with Crippen LogP contribution < -0.4 is 5.73 Å². The van der Waals surface area contributed by atoms with Crippen LogP contribution in [-0.2, 0) is 13.0 Å². The van der Waals surface area contributed by atoms with E-state index >= 15 is 0 Å². The molecule has 92 valence electrons. The van der Waals surface area contributed by atoms with E-state index in [0.717, 1.165) is 19.4 Å². The molecule has 0 unspecified atom stereocenters. The van der Waals surface area contributed by atoms with Gasteiger partial charge in [0.05, 0.1) is 0 Å². The lowest BCUT2D eigenvalue weighted by Crippen LogP contribution is -2.17. The Bertz CT molecular complexity index is 509. The van der Waals surface area contributed by atoms with E-state index in [1.54, 1.807) is 0 Å². The molecule has 2 heteroatoms. The summed E-state index contributed by atoms with van der Waals surface area (Å²) in [5.74, 6) is 0. The largest absolute Gasteiger partial charge is 0.347 e. The van der Waals surface area contributed by atoms with E-state index in [1.165, 1.54) is 22.0 Å². The fraction of sp³-hybridized carbons (Fsp3) is 0.467. The number of nitrogens with two attached hydrogens (primary N) is 1. The Morgan fingerprint density at radius 1 is 1.35 bits per heavy atom.